The van der Waals surface area contributed by atoms with Crippen LogP contribution in [0.1, 0.15) is 18.4 Å². The Bertz CT molecular complexity index is 514. The van der Waals surface area contributed by atoms with Crippen LogP contribution < -0.4 is 0 Å². The van der Waals surface area contributed by atoms with E-state index in [0.29, 0.717) is 24.9 Å². The highest BCUT2D eigenvalue weighted by molar-refractivity contribution is 5.85. The van der Waals surface area contributed by atoms with Crippen LogP contribution in [0.15, 0.2) is 18.2 Å². The van der Waals surface area contributed by atoms with Crippen molar-refractivity contribution in [3.63, 3.8) is 0 Å². The molecule has 1 aliphatic rings. The smallest absolute Gasteiger partial charge is 0.326 e. The van der Waals surface area contributed by atoms with Crippen LogP contribution in [0.3, 0.4) is 0 Å². The molecule has 2 rings (SSSR count). The lowest BCUT2D eigenvalue weighted by molar-refractivity contribution is -0.148. The summed E-state index contributed by atoms with van der Waals surface area (Å²) in [5.74, 6) is -1.81. The van der Waals surface area contributed by atoms with E-state index in [0.717, 1.165) is 0 Å². The zero-order valence-electron chi connectivity index (χ0n) is 10.2. The standard InChI is InChI=1S/C13H15NO5/c15-10-4-3-8(6-11(10)16)7-12(17)14-5-1-2-9(14)13(18)19/h3-4,6,9,15-16H,1-2,5,7H2,(H,18,19)/t9-/m0/s1. The number of likely N-dealkylation sites (tertiary alicyclic amines) is 1. The number of carboxylic acid groups (broad SMARTS) is 1. The van der Waals surface area contributed by atoms with Gasteiger partial charge in [-0.1, -0.05) is 6.07 Å². The number of phenolic OH excluding ortho intramolecular Hbond substituents is 2. The number of phenols is 2. The second-order valence-corrected chi connectivity index (χ2v) is 4.58. The maximum Gasteiger partial charge on any atom is 0.326 e. The first kappa shape index (κ1) is 13.2. The van der Waals surface area contributed by atoms with Crippen molar-refractivity contribution in [3.05, 3.63) is 23.8 Å². The van der Waals surface area contributed by atoms with Gasteiger partial charge in [0.05, 0.1) is 6.42 Å². The minimum Gasteiger partial charge on any atom is -0.504 e. The third-order valence-corrected chi connectivity index (χ3v) is 3.25. The Morgan fingerprint density at radius 1 is 1.26 bits per heavy atom. The molecular formula is C13H15NO5. The van der Waals surface area contributed by atoms with Gasteiger partial charge in [0.2, 0.25) is 5.91 Å². The molecule has 0 spiro atoms. The number of aromatic hydroxyl groups is 2. The second-order valence-electron chi connectivity index (χ2n) is 4.58. The van der Waals surface area contributed by atoms with Crippen molar-refractivity contribution < 1.29 is 24.9 Å². The predicted molar refractivity (Wildman–Crippen MR) is 65.8 cm³/mol. The Hall–Kier alpha value is -2.24. The van der Waals surface area contributed by atoms with Gasteiger partial charge in [0, 0.05) is 6.54 Å². The molecule has 1 atom stereocenters. The summed E-state index contributed by atoms with van der Waals surface area (Å²) in [5.41, 5.74) is 0.538. The molecule has 6 nitrogen and oxygen atoms in total. The molecule has 1 heterocycles. The largest absolute Gasteiger partial charge is 0.504 e. The molecule has 1 aromatic rings. The molecule has 3 N–H and O–H groups in total. The highest BCUT2D eigenvalue weighted by atomic mass is 16.4. The quantitative estimate of drug-likeness (QED) is 0.699. The fraction of sp³-hybridized carbons (Fsp3) is 0.385. The van der Waals surface area contributed by atoms with E-state index in [1.165, 1.54) is 23.1 Å². The van der Waals surface area contributed by atoms with Gasteiger partial charge in [-0.05, 0) is 30.5 Å². The van der Waals surface area contributed by atoms with Gasteiger partial charge in [0.15, 0.2) is 11.5 Å². The number of hydrogen-bond donors (Lipinski definition) is 3. The van der Waals surface area contributed by atoms with Crippen molar-refractivity contribution in [3.8, 4) is 11.5 Å². The van der Waals surface area contributed by atoms with E-state index >= 15 is 0 Å². The van der Waals surface area contributed by atoms with Gasteiger partial charge in [-0.2, -0.15) is 0 Å². The molecule has 1 saturated heterocycles. The summed E-state index contributed by atoms with van der Waals surface area (Å²) in [6.45, 7) is 0.444. The molecule has 0 radical (unpaired) electrons. The van der Waals surface area contributed by atoms with Crippen LogP contribution in [0, 0.1) is 0 Å². The lowest BCUT2D eigenvalue weighted by atomic mass is 10.1. The highest BCUT2D eigenvalue weighted by Gasteiger charge is 2.33. The molecule has 1 aromatic carbocycles. The Kier molecular flexibility index (Phi) is 3.59. The molecule has 0 bridgehead atoms. The van der Waals surface area contributed by atoms with Crippen molar-refractivity contribution in [1.29, 1.82) is 0 Å². The van der Waals surface area contributed by atoms with Crippen molar-refractivity contribution >= 4 is 11.9 Å². The molecule has 1 aliphatic heterocycles. The monoisotopic (exact) mass is 265 g/mol. The van der Waals surface area contributed by atoms with Gasteiger partial charge in [-0.15, -0.1) is 0 Å². The summed E-state index contributed by atoms with van der Waals surface area (Å²) in [4.78, 5) is 24.4. The normalized spacial score (nSPS) is 18.5. The van der Waals surface area contributed by atoms with E-state index in [2.05, 4.69) is 0 Å². The predicted octanol–water partition coefficient (Wildman–Crippen LogP) is 0.716. The van der Waals surface area contributed by atoms with Gasteiger partial charge < -0.3 is 20.2 Å². The van der Waals surface area contributed by atoms with Gasteiger partial charge in [-0.3, -0.25) is 4.79 Å². The van der Waals surface area contributed by atoms with Crippen LogP contribution in [-0.4, -0.2) is 44.7 Å². The zero-order valence-corrected chi connectivity index (χ0v) is 10.2. The number of nitrogens with zero attached hydrogens (tertiary/aromatic N) is 1. The molecule has 0 unspecified atom stereocenters. The first-order chi connectivity index (χ1) is 8.99. The number of aliphatic carboxylic acids is 1. The van der Waals surface area contributed by atoms with E-state index in [4.69, 9.17) is 5.11 Å². The van der Waals surface area contributed by atoms with Gasteiger partial charge in [0.25, 0.3) is 0 Å². The van der Waals surface area contributed by atoms with E-state index in [1.54, 1.807) is 0 Å². The van der Waals surface area contributed by atoms with Crippen molar-refractivity contribution in [2.75, 3.05) is 6.54 Å². The number of amides is 1. The number of carbonyl (C=O) groups is 2. The summed E-state index contributed by atoms with van der Waals surface area (Å²) >= 11 is 0. The Morgan fingerprint density at radius 3 is 2.63 bits per heavy atom. The molecule has 6 heteroatoms. The van der Waals surface area contributed by atoms with E-state index in [9.17, 15) is 19.8 Å². The molecule has 0 aromatic heterocycles. The summed E-state index contributed by atoms with van der Waals surface area (Å²) in [6, 6.07) is 3.38. The highest BCUT2D eigenvalue weighted by Crippen LogP contribution is 2.26. The Morgan fingerprint density at radius 2 is 2.00 bits per heavy atom. The number of carboxylic acids is 1. The van der Waals surface area contributed by atoms with Gasteiger partial charge in [-0.25, -0.2) is 4.79 Å². The fourth-order valence-electron chi connectivity index (χ4n) is 2.28. The number of benzene rings is 1. The minimum atomic E-state index is -0.987. The van der Waals surface area contributed by atoms with E-state index < -0.39 is 12.0 Å². The third kappa shape index (κ3) is 2.78. The Labute approximate surface area is 109 Å². The van der Waals surface area contributed by atoms with Crippen LogP contribution >= 0.6 is 0 Å². The van der Waals surface area contributed by atoms with Crippen LogP contribution in [0.5, 0.6) is 11.5 Å². The van der Waals surface area contributed by atoms with Crippen molar-refractivity contribution in [1.82, 2.24) is 4.90 Å². The number of hydrogen-bond acceptors (Lipinski definition) is 4. The molecule has 19 heavy (non-hydrogen) atoms. The van der Waals surface area contributed by atoms with Crippen molar-refractivity contribution in [2.24, 2.45) is 0 Å². The van der Waals surface area contributed by atoms with Crippen LogP contribution in [0.25, 0.3) is 0 Å². The number of rotatable bonds is 3. The summed E-state index contributed by atoms with van der Waals surface area (Å²) in [6.07, 6.45) is 1.17. The average molecular weight is 265 g/mol. The average Bonchev–Trinajstić information content (AvgIpc) is 2.83. The SMILES string of the molecule is O=C(O)[C@@H]1CCCN1C(=O)Cc1ccc(O)c(O)c1. The number of carbonyl (C=O) groups excluding carboxylic acids is 1. The molecule has 0 aliphatic carbocycles. The fourth-order valence-corrected chi connectivity index (χ4v) is 2.28. The van der Waals surface area contributed by atoms with Crippen LogP contribution in [-0.2, 0) is 16.0 Å². The molecule has 0 saturated carbocycles. The van der Waals surface area contributed by atoms with Crippen LogP contribution in [0.4, 0.5) is 0 Å². The second kappa shape index (κ2) is 5.17. The van der Waals surface area contributed by atoms with E-state index in [1.807, 2.05) is 0 Å². The molecule has 1 amide bonds. The molecule has 1 fully saturated rings. The maximum atomic E-state index is 12.0. The van der Waals surface area contributed by atoms with Gasteiger partial charge in [0.1, 0.15) is 6.04 Å². The first-order valence-corrected chi connectivity index (χ1v) is 6.02. The zero-order chi connectivity index (χ0) is 14.0. The summed E-state index contributed by atoms with van der Waals surface area (Å²) in [5, 5.41) is 27.5. The van der Waals surface area contributed by atoms with E-state index in [-0.39, 0.29) is 23.8 Å². The summed E-state index contributed by atoms with van der Waals surface area (Å²) < 4.78 is 0. The summed E-state index contributed by atoms with van der Waals surface area (Å²) in [7, 11) is 0. The first-order valence-electron chi connectivity index (χ1n) is 6.02. The van der Waals surface area contributed by atoms with Crippen molar-refractivity contribution in [2.45, 2.75) is 25.3 Å². The third-order valence-electron chi connectivity index (χ3n) is 3.25. The minimum absolute atomic E-state index is 0.0115. The molecular weight excluding hydrogens is 250 g/mol. The maximum absolute atomic E-state index is 12.0. The molecule has 102 valence electrons. The van der Waals surface area contributed by atoms with Gasteiger partial charge >= 0.3 is 5.97 Å². The Balaban J connectivity index is 2.08. The topological polar surface area (TPSA) is 98.1 Å². The van der Waals surface area contributed by atoms with Crippen LogP contribution in [0.2, 0.25) is 0 Å². The lowest BCUT2D eigenvalue weighted by Crippen LogP contribution is -2.41. The lowest BCUT2D eigenvalue weighted by Gasteiger charge is -2.21.